The number of hydrogen-bond acceptors (Lipinski definition) is 6. The van der Waals surface area contributed by atoms with E-state index in [2.05, 4.69) is 10.1 Å². The van der Waals surface area contributed by atoms with Gasteiger partial charge in [-0.25, -0.2) is 4.79 Å². The summed E-state index contributed by atoms with van der Waals surface area (Å²) in [5.41, 5.74) is 6.67. The van der Waals surface area contributed by atoms with Crippen LogP contribution in [0.5, 0.6) is 0 Å². The van der Waals surface area contributed by atoms with Crippen LogP contribution in [-0.2, 0) is 14.3 Å². The van der Waals surface area contributed by atoms with E-state index in [0.29, 0.717) is 11.1 Å². The van der Waals surface area contributed by atoms with Crippen molar-refractivity contribution >= 4 is 23.3 Å². The van der Waals surface area contributed by atoms with E-state index in [1.165, 1.54) is 6.07 Å². The minimum Gasteiger partial charge on any atom is -0.464 e. The lowest BCUT2D eigenvalue weighted by atomic mass is 10.1. The summed E-state index contributed by atoms with van der Waals surface area (Å²) in [6.45, 7) is 4.98. The van der Waals surface area contributed by atoms with Crippen molar-refractivity contribution in [1.29, 1.82) is 0 Å². The van der Waals surface area contributed by atoms with Crippen molar-refractivity contribution in [3.05, 3.63) is 33.4 Å². The highest BCUT2D eigenvalue weighted by atomic mass is 16.6. The number of amides is 1. The first kappa shape index (κ1) is 16.6. The molecule has 8 nitrogen and oxygen atoms in total. The van der Waals surface area contributed by atoms with Crippen LogP contribution in [0.4, 0.5) is 11.4 Å². The number of nitrogens with zero attached hydrogens (tertiary/aromatic N) is 1. The number of esters is 1. The number of benzene rings is 1. The number of ether oxygens (including phenoxy) is 1. The molecule has 8 heteroatoms. The zero-order valence-electron chi connectivity index (χ0n) is 12.0. The number of nitrogens with one attached hydrogen (secondary N) is 1. The number of anilines is 1. The fraction of sp³-hybridized carbons (Fsp3) is 0.385. The van der Waals surface area contributed by atoms with Gasteiger partial charge in [0.05, 0.1) is 17.2 Å². The zero-order valence-corrected chi connectivity index (χ0v) is 12.0. The van der Waals surface area contributed by atoms with Crippen LogP contribution in [-0.4, -0.2) is 29.4 Å². The van der Waals surface area contributed by atoms with E-state index in [0.717, 1.165) is 0 Å². The number of aryl methyl sites for hydroxylation is 2. The third kappa shape index (κ3) is 3.99. The Bertz CT molecular complexity index is 585. The van der Waals surface area contributed by atoms with Gasteiger partial charge in [0.25, 0.3) is 11.6 Å². The van der Waals surface area contributed by atoms with Gasteiger partial charge in [-0.1, -0.05) is 0 Å². The molecule has 114 valence electrons. The Morgan fingerprint density at radius 3 is 2.52 bits per heavy atom. The van der Waals surface area contributed by atoms with E-state index in [1.54, 1.807) is 26.8 Å². The summed E-state index contributed by atoms with van der Waals surface area (Å²) in [4.78, 5) is 33.6. The van der Waals surface area contributed by atoms with Crippen LogP contribution in [0.2, 0.25) is 0 Å². The van der Waals surface area contributed by atoms with Gasteiger partial charge in [-0.3, -0.25) is 14.9 Å². The van der Waals surface area contributed by atoms with Crippen molar-refractivity contribution in [2.75, 3.05) is 11.9 Å². The van der Waals surface area contributed by atoms with E-state index < -0.39 is 22.8 Å². The van der Waals surface area contributed by atoms with Gasteiger partial charge in [0, 0.05) is 11.6 Å². The van der Waals surface area contributed by atoms with Gasteiger partial charge in [0.2, 0.25) is 0 Å². The van der Waals surface area contributed by atoms with Gasteiger partial charge in [0.1, 0.15) is 0 Å². The molecule has 0 fully saturated rings. The van der Waals surface area contributed by atoms with Gasteiger partial charge in [-0.05, 0) is 32.4 Å². The maximum absolute atomic E-state index is 11.8. The second kappa shape index (κ2) is 6.80. The molecule has 1 rings (SSSR count). The second-order valence-corrected chi connectivity index (χ2v) is 4.43. The molecule has 0 aliphatic carbocycles. The molecule has 0 aliphatic heterocycles. The average molecular weight is 295 g/mol. The molecule has 0 saturated heterocycles. The largest absolute Gasteiger partial charge is 0.464 e. The van der Waals surface area contributed by atoms with E-state index in [4.69, 9.17) is 5.73 Å². The number of nitro benzene ring substituents is 1. The van der Waals surface area contributed by atoms with Crippen LogP contribution >= 0.6 is 0 Å². The van der Waals surface area contributed by atoms with Gasteiger partial charge >= 0.3 is 5.97 Å². The molecule has 0 heterocycles. The van der Waals surface area contributed by atoms with Crippen molar-refractivity contribution in [2.45, 2.75) is 26.8 Å². The smallest absolute Gasteiger partial charge is 0.332 e. The topological polar surface area (TPSA) is 125 Å². The molecule has 0 radical (unpaired) electrons. The Kier molecular flexibility index (Phi) is 5.37. The molecule has 0 saturated carbocycles. The maximum atomic E-state index is 11.8. The minimum atomic E-state index is -1.48. The van der Waals surface area contributed by atoms with Crippen molar-refractivity contribution in [1.82, 2.24) is 0 Å². The molecule has 0 bridgehead atoms. The lowest BCUT2D eigenvalue weighted by Gasteiger charge is -2.13. The van der Waals surface area contributed by atoms with Crippen LogP contribution in [0, 0.1) is 24.0 Å². The van der Waals surface area contributed by atoms with Crippen LogP contribution < -0.4 is 11.1 Å². The molecule has 0 aliphatic rings. The normalized spacial score (nSPS) is 11.6. The third-order valence-electron chi connectivity index (χ3n) is 2.82. The standard InChI is InChI=1S/C13H17N3O5/c1-4-21-13(18)11(14)12(17)15-9-6-10(16(19)20)8(3)5-7(9)2/h5-6,11H,4,14H2,1-3H3,(H,15,17). The van der Waals surface area contributed by atoms with Gasteiger partial charge in [-0.2, -0.15) is 0 Å². The van der Waals surface area contributed by atoms with Gasteiger partial charge in [-0.15, -0.1) is 0 Å². The van der Waals surface area contributed by atoms with Crippen LogP contribution in [0.3, 0.4) is 0 Å². The summed E-state index contributed by atoms with van der Waals surface area (Å²) in [6.07, 6.45) is 0. The first-order valence-electron chi connectivity index (χ1n) is 6.26. The maximum Gasteiger partial charge on any atom is 0.332 e. The zero-order chi connectivity index (χ0) is 16.2. The summed E-state index contributed by atoms with van der Waals surface area (Å²) in [5, 5.41) is 13.3. The van der Waals surface area contributed by atoms with Crippen molar-refractivity contribution in [2.24, 2.45) is 5.73 Å². The monoisotopic (exact) mass is 295 g/mol. The van der Waals surface area contributed by atoms with Crippen molar-refractivity contribution in [3.63, 3.8) is 0 Å². The Balaban J connectivity index is 2.97. The predicted molar refractivity (Wildman–Crippen MR) is 75.8 cm³/mol. The molecule has 0 aromatic heterocycles. The lowest BCUT2D eigenvalue weighted by molar-refractivity contribution is -0.385. The Labute approximate surface area is 121 Å². The summed E-state index contributed by atoms with van der Waals surface area (Å²) < 4.78 is 4.64. The molecule has 1 aromatic rings. The highest BCUT2D eigenvalue weighted by Gasteiger charge is 2.24. The SMILES string of the molecule is CCOC(=O)C(N)C(=O)Nc1cc([N+](=O)[O-])c(C)cc1C. The number of rotatable bonds is 5. The Hall–Kier alpha value is -2.48. The van der Waals surface area contributed by atoms with E-state index in [-0.39, 0.29) is 18.0 Å². The number of carbonyl (C=O) groups excluding carboxylic acids is 2. The van der Waals surface area contributed by atoms with Crippen LogP contribution in [0.1, 0.15) is 18.1 Å². The summed E-state index contributed by atoms with van der Waals surface area (Å²) in [7, 11) is 0. The Morgan fingerprint density at radius 2 is 2.00 bits per heavy atom. The van der Waals surface area contributed by atoms with Crippen LogP contribution in [0.15, 0.2) is 12.1 Å². The second-order valence-electron chi connectivity index (χ2n) is 4.43. The van der Waals surface area contributed by atoms with Gasteiger partial charge < -0.3 is 15.8 Å². The van der Waals surface area contributed by atoms with Gasteiger partial charge in [0.15, 0.2) is 6.04 Å². The summed E-state index contributed by atoms with van der Waals surface area (Å²) >= 11 is 0. The quantitative estimate of drug-likeness (QED) is 0.362. The molecule has 3 N–H and O–H groups in total. The van der Waals surface area contributed by atoms with E-state index >= 15 is 0 Å². The average Bonchev–Trinajstić information content (AvgIpc) is 2.40. The fourth-order valence-electron chi connectivity index (χ4n) is 1.72. The summed E-state index contributed by atoms with van der Waals surface area (Å²) in [6, 6.07) is 1.33. The number of carbonyl (C=O) groups is 2. The number of hydrogen-bond donors (Lipinski definition) is 2. The predicted octanol–water partition coefficient (Wildman–Crippen LogP) is 1.04. The Morgan fingerprint density at radius 1 is 1.38 bits per heavy atom. The molecule has 0 spiro atoms. The fourth-order valence-corrected chi connectivity index (χ4v) is 1.72. The minimum absolute atomic E-state index is 0.106. The van der Waals surface area contributed by atoms with E-state index in [1.807, 2.05) is 0 Å². The van der Waals surface area contributed by atoms with Crippen molar-refractivity contribution < 1.29 is 19.2 Å². The van der Waals surface area contributed by atoms with E-state index in [9.17, 15) is 19.7 Å². The summed E-state index contributed by atoms with van der Waals surface area (Å²) in [5.74, 6) is -1.64. The molecule has 21 heavy (non-hydrogen) atoms. The number of nitro groups is 1. The van der Waals surface area contributed by atoms with Crippen molar-refractivity contribution in [3.8, 4) is 0 Å². The molecule has 1 amide bonds. The molecule has 1 atom stereocenters. The molecule has 1 aromatic carbocycles. The first-order chi connectivity index (χ1) is 9.77. The lowest BCUT2D eigenvalue weighted by Crippen LogP contribution is -2.43. The molecular weight excluding hydrogens is 278 g/mol. The van der Waals surface area contributed by atoms with Crippen LogP contribution in [0.25, 0.3) is 0 Å². The first-order valence-corrected chi connectivity index (χ1v) is 6.26. The molecule has 1 unspecified atom stereocenters. The molecular formula is C13H17N3O5. The third-order valence-corrected chi connectivity index (χ3v) is 2.82. The highest BCUT2D eigenvalue weighted by molar-refractivity contribution is 6.08. The highest BCUT2D eigenvalue weighted by Crippen LogP contribution is 2.26. The number of nitrogens with two attached hydrogens (primary N) is 1.